The number of nitrogen functional groups attached to an aromatic ring is 1. The molecule has 2 aromatic carbocycles. The van der Waals surface area contributed by atoms with Crippen LogP contribution in [-0.2, 0) is 0 Å². The second kappa shape index (κ2) is 5.61. The number of amides is 2. The third-order valence-electron chi connectivity index (χ3n) is 3.13. The van der Waals surface area contributed by atoms with Gasteiger partial charge in [-0.3, -0.25) is 0 Å². The predicted molar refractivity (Wildman–Crippen MR) is 79.4 cm³/mol. The molecule has 0 unspecified atom stereocenters. The van der Waals surface area contributed by atoms with Crippen molar-refractivity contribution in [3.8, 4) is 0 Å². The van der Waals surface area contributed by atoms with E-state index in [0.717, 1.165) is 11.1 Å². The Morgan fingerprint density at radius 1 is 1.10 bits per heavy atom. The van der Waals surface area contributed by atoms with E-state index in [1.54, 1.807) is 18.2 Å². The van der Waals surface area contributed by atoms with Gasteiger partial charge in [0.15, 0.2) is 0 Å². The Balaban J connectivity index is 2.17. The van der Waals surface area contributed by atoms with E-state index in [1.807, 2.05) is 19.9 Å². The Morgan fingerprint density at radius 2 is 1.80 bits per heavy atom. The molecule has 0 aliphatic carbocycles. The molecule has 4 N–H and O–H groups in total. The normalized spacial score (nSPS) is 10.2. The number of halogens is 1. The van der Waals surface area contributed by atoms with E-state index >= 15 is 0 Å². The lowest BCUT2D eigenvalue weighted by Crippen LogP contribution is -2.21. The monoisotopic (exact) mass is 273 g/mol. The molecule has 4 nitrogen and oxygen atoms in total. The number of hydrogen-bond donors (Lipinski definition) is 3. The second-order valence-corrected chi connectivity index (χ2v) is 4.53. The number of rotatable bonds is 2. The summed E-state index contributed by atoms with van der Waals surface area (Å²) in [6.07, 6.45) is 0. The van der Waals surface area contributed by atoms with Crippen LogP contribution in [0.25, 0.3) is 0 Å². The van der Waals surface area contributed by atoms with Crippen LogP contribution < -0.4 is 16.4 Å². The smallest absolute Gasteiger partial charge is 0.323 e. The number of hydrogen-bond acceptors (Lipinski definition) is 2. The molecule has 2 rings (SSSR count). The highest BCUT2D eigenvalue weighted by molar-refractivity contribution is 6.02. The van der Waals surface area contributed by atoms with E-state index in [2.05, 4.69) is 10.6 Å². The fourth-order valence-electron chi connectivity index (χ4n) is 1.83. The van der Waals surface area contributed by atoms with Crippen LogP contribution in [-0.4, -0.2) is 6.03 Å². The van der Waals surface area contributed by atoms with Crippen molar-refractivity contribution in [1.29, 1.82) is 0 Å². The van der Waals surface area contributed by atoms with Crippen LogP contribution in [0.1, 0.15) is 11.1 Å². The van der Waals surface area contributed by atoms with Gasteiger partial charge in [0.2, 0.25) is 0 Å². The molecule has 0 spiro atoms. The second-order valence-electron chi connectivity index (χ2n) is 4.53. The van der Waals surface area contributed by atoms with Gasteiger partial charge in [-0.1, -0.05) is 18.2 Å². The summed E-state index contributed by atoms with van der Waals surface area (Å²) in [6, 6.07) is 9.04. The summed E-state index contributed by atoms with van der Waals surface area (Å²) in [5.74, 6) is -0.489. The van der Waals surface area contributed by atoms with Crippen LogP contribution >= 0.6 is 0 Å². The lowest BCUT2D eigenvalue weighted by Gasteiger charge is -2.14. The number of benzene rings is 2. The van der Waals surface area contributed by atoms with Gasteiger partial charge in [0.05, 0.1) is 17.1 Å². The zero-order chi connectivity index (χ0) is 14.7. The Hall–Kier alpha value is -2.56. The molecule has 0 aliphatic rings. The Bertz CT molecular complexity index is 656. The van der Waals surface area contributed by atoms with E-state index in [9.17, 15) is 9.18 Å². The van der Waals surface area contributed by atoms with Gasteiger partial charge in [-0.05, 0) is 43.2 Å². The van der Waals surface area contributed by atoms with Gasteiger partial charge in [-0.15, -0.1) is 0 Å². The highest BCUT2D eigenvalue weighted by Crippen LogP contribution is 2.26. The minimum atomic E-state index is -0.532. The van der Waals surface area contributed by atoms with Crippen molar-refractivity contribution in [2.45, 2.75) is 13.8 Å². The zero-order valence-electron chi connectivity index (χ0n) is 11.3. The van der Waals surface area contributed by atoms with E-state index in [4.69, 9.17) is 5.73 Å². The molecule has 2 amide bonds. The Morgan fingerprint density at radius 3 is 2.50 bits per heavy atom. The van der Waals surface area contributed by atoms with Crippen molar-refractivity contribution in [3.05, 3.63) is 53.3 Å². The highest BCUT2D eigenvalue weighted by Gasteiger charge is 2.11. The van der Waals surface area contributed by atoms with Crippen molar-refractivity contribution in [2.75, 3.05) is 16.4 Å². The molecule has 0 saturated heterocycles. The fourth-order valence-corrected chi connectivity index (χ4v) is 1.83. The standard InChI is InChI=1S/C15H16FN3O/c1-9-7-8-12(17)14(10(9)2)19-15(20)18-13-6-4-3-5-11(13)16/h3-8H,17H2,1-2H3,(H2,18,19,20). The summed E-state index contributed by atoms with van der Waals surface area (Å²) >= 11 is 0. The quantitative estimate of drug-likeness (QED) is 0.731. The molecule has 0 radical (unpaired) electrons. The average molecular weight is 273 g/mol. The van der Waals surface area contributed by atoms with Gasteiger partial charge in [0, 0.05) is 0 Å². The molecule has 0 aliphatic heterocycles. The van der Waals surface area contributed by atoms with E-state index in [-0.39, 0.29) is 5.69 Å². The van der Waals surface area contributed by atoms with Crippen LogP contribution in [0.5, 0.6) is 0 Å². The lowest BCUT2D eigenvalue weighted by atomic mass is 10.1. The number of carbonyl (C=O) groups excluding carboxylic acids is 1. The zero-order valence-corrected chi connectivity index (χ0v) is 11.3. The molecule has 0 atom stereocenters. The molecule has 5 heteroatoms. The molecule has 0 fully saturated rings. The molecule has 0 bridgehead atoms. The first-order valence-electron chi connectivity index (χ1n) is 6.17. The van der Waals surface area contributed by atoms with Crippen LogP contribution in [0, 0.1) is 19.7 Å². The fraction of sp³-hybridized carbons (Fsp3) is 0.133. The van der Waals surface area contributed by atoms with Gasteiger partial charge < -0.3 is 16.4 Å². The summed E-state index contributed by atoms with van der Waals surface area (Å²) in [5.41, 5.74) is 8.87. The van der Waals surface area contributed by atoms with Crippen LogP contribution in [0.2, 0.25) is 0 Å². The van der Waals surface area contributed by atoms with Gasteiger partial charge in [-0.25, -0.2) is 9.18 Å². The summed E-state index contributed by atoms with van der Waals surface area (Å²) in [7, 11) is 0. The maximum atomic E-state index is 13.4. The number of aryl methyl sites for hydroxylation is 1. The molecule has 0 heterocycles. The van der Waals surface area contributed by atoms with Crippen molar-refractivity contribution < 1.29 is 9.18 Å². The minimum absolute atomic E-state index is 0.119. The van der Waals surface area contributed by atoms with E-state index in [1.165, 1.54) is 12.1 Å². The summed E-state index contributed by atoms with van der Waals surface area (Å²) in [5, 5.41) is 5.11. The molecule has 0 aromatic heterocycles. The Kier molecular flexibility index (Phi) is 3.89. The van der Waals surface area contributed by atoms with E-state index in [0.29, 0.717) is 11.4 Å². The topological polar surface area (TPSA) is 67.1 Å². The Labute approximate surface area is 116 Å². The number of anilines is 3. The molecule has 0 saturated carbocycles. The van der Waals surface area contributed by atoms with Gasteiger partial charge in [0.25, 0.3) is 0 Å². The van der Waals surface area contributed by atoms with Crippen molar-refractivity contribution in [2.24, 2.45) is 0 Å². The number of urea groups is 1. The maximum absolute atomic E-state index is 13.4. The van der Waals surface area contributed by atoms with Crippen LogP contribution in [0.3, 0.4) is 0 Å². The highest BCUT2D eigenvalue weighted by atomic mass is 19.1. The van der Waals surface area contributed by atoms with Crippen LogP contribution in [0.15, 0.2) is 36.4 Å². The van der Waals surface area contributed by atoms with Crippen molar-refractivity contribution in [3.63, 3.8) is 0 Å². The first kappa shape index (κ1) is 13.9. The van der Waals surface area contributed by atoms with Crippen LogP contribution in [0.4, 0.5) is 26.2 Å². The maximum Gasteiger partial charge on any atom is 0.323 e. The summed E-state index contributed by atoms with van der Waals surface area (Å²) < 4.78 is 13.4. The van der Waals surface area contributed by atoms with Gasteiger partial charge >= 0.3 is 6.03 Å². The first-order chi connectivity index (χ1) is 9.49. The van der Waals surface area contributed by atoms with E-state index < -0.39 is 11.8 Å². The SMILES string of the molecule is Cc1ccc(N)c(NC(=O)Nc2ccccc2F)c1C. The largest absolute Gasteiger partial charge is 0.397 e. The van der Waals surface area contributed by atoms with Crippen molar-refractivity contribution in [1.82, 2.24) is 0 Å². The average Bonchev–Trinajstić information content (AvgIpc) is 2.42. The number of nitrogens with two attached hydrogens (primary N) is 1. The molecule has 20 heavy (non-hydrogen) atoms. The van der Waals surface area contributed by atoms with Gasteiger partial charge in [0.1, 0.15) is 5.82 Å². The first-order valence-corrected chi connectivity index (χ1v) is 6.17. The molecule has 104 valence electrons. The van der Waals surface area contributed by atoms with Crippen molar-refractivity contribution >= 4 is 23.1 Å². The number of carbonyl (C=O) groups is 1. The lowest BCUT2D eigenvalue weighted by molar-refractivity contribution is 0.262. The number of para-hydroxylation sites is 1. The third-order valence-corrected chi connectivity index (χ3v) is 3.13. The third kappa shape index (κ3) is 2.88. The molecular weight excluding hydrogens is 257 g/mol. The summed E-state index contributed by atoms with van der Waals surface area (Å²) in [6.45, 7) is 3.79. The summed E-state index contributed by atoms with van der Waals surface area (Å²) in [4.78, 5) is 11.9. The van der Waals surface area contributed by atoms with Gasteiger partial charge in [-0.2, -0.15) is 0 Å². The minimum Gasteiger partial charge on any atom is -0.397 e. The molecular formula is C15H16FN3O. The molecule has 2 aromatic rings. The number of nitrogens with one attached hydrogen (secondary N) is 2. The predicted octanol–water partition coefficient (Wildman–Crippen LogP) is 3.67.